The molecule has 1 saturated heterocycles. The van der Waals surface area contributed by atoms with Gasteiger partial charge in [0.1, 0.15) is 0 Å². The van der Waals surface area contributed by atoms with Crippen molar-refractivity contribution in [2.75, 3.05) is 28.6 Å². The average Bonchev–Trinajstić information content (AvgIpc) is 3.05. The van der Waals surface area contributed by atoms with Gasteiger partial charge in [-0.3, -0.25) is 9.10 Å². The van der Waals surface area contributed by atoms with Gasteiger partial charge in [-0.15, -0.1) is 0 Å². The number of carbonyl (C=O) groups is 1. The molecule has 0 aromatic heterocycles. The highest BCUT2D eigenvalue weighted by Gasteiger charge is 2.23. The fourth-order valence-electron chi connectivity index (χ4n) is 3.02. The van der Waals surface area contributed by atoms with E-state index in [9.17, 15) is 13.2 Å². The number of amides is 1. The molecule has 0 atom stereocenters. The van der Waals surface area contributed by atoms with Crippen LogP contribution in [0.5, 0.6) is 0 Å². The summed E-state index contributed by atoms with van der Waals surface area (Å²) < 4.78 is 25.9. The van der Waals surface area contributed by atoms with Crippen LogP contribution < -0.4 is 9.21 Å². The van der Waals surface area contributed by atoms with Crippen molar-refractivity contribution in [2.24, 2.45) is 0 Å². The van der Waals surface area contributed by atoms with E-state index in [-0.39, 0.29) is 12.5 Å². The lowest BCUT2D eigenvalue weighted by Gasteiger charge is -2.23. The van der Waals surface area contributed by atoms with E-state index in [4.69, 9.17) is 0 Å². The van der Waals surface area contributed by atoms with Gasteiger partial charge in [0.05, 0.1) is 18.5 Å². The van der Waals surface area contributed by atoms with Crippen LogP contribution in [0.15, 0.2) is 60.7 Å². The maximum atomic E-state index is 12.3. The van der Waals surface area contributed by atoms with Crippen LogP contribution in [0.4, 0.5) is 11.4 Å². The van der Waals surface area contributed by atoms with Crippen LogP contribution in [0.3, 0.4) is 0 Å². The summed E-state index contributed by atoms with van der Waals surface area (Å²) in [6, 6.07) is 16.9. The van der Waals surface area contributed by atoms with Crippen LogP contribution in [0.2, 0.25) is 0 Å². The van der Waals surface area contributed by atoms with Gasteiger partial charge in [0.2, 0.25) is 15.9 Å². The summed E-state index contributed by atoms with van der Waals surface area (Å²) in [5, 5.41) is 0. The van der Waals surface area contributed by atoms with Crippen molar-refractivity contribution < 1.29 is 13.2 Å². The highest BCUT2D eigenvalue weighted by Crippen LogP contribution is 2.27. The van der Waals surface area contributed by atoms with Crippen LogP contribution in [0, 0.1) is 0 Å². The first-order valence-electron chi connectivity index (χ1n) is 8.55. The van der Waals surface area contributed by atoms with Gasteiger partial charge in [-0.2, -0.15) is 0 Å². The number of hydrogen-bond acceptors (Lipinski definition) is 3. The lowest BCUT2D eigenvalue weighted by molar-refractivity contribution is -0.117. The lowest BCUT2D eigenvalue weighted by atomic mass is 10.2. The first-order chi connectivity index (χ1) is 12.4. The Morgan fingerprint density at radius 3 is 2.54 bits per heavy atom. The Morgan fingerprint density at radius 2 is 1.88 bits per heavy atom. The van der Waals surface area contributed by atoms with Crippen molar-refractivity contribution in [3.63, 3.8) is 0 Å². The maximum Gasteiger partial charge on any atom is 0.232 e. The van der Waals surface area contributed by atoms with Crippen molar-refractivity contribution in [1.29, 1.82) is 0 Å². The van der Waals surface area contributed by atoms with E-state index < -0.39 is 10.0 Å². The molecule has 1 heterocycles. The van der Waals surface area contributed by atoms with Crippen molar-refractivity contribution in [1.82, 2.24) is 0 Å². The molecular weight excluding hydrogens is 348 g/mol. The topological polar surface area (TPSA) is 57.7 Å². The predicted octanol–water partition coefficient (Wildman–Crippen LogP) is 3.29. The quantitative estimate of drug-likeness (QED) is 0.784. The van der Waals surface area contributed by atoms with Crippen molar-refractivity contribution in [3.8, 4) is 0 Å². The zero-order chi connectivity index (χ0) is 18.6. The van der Waals surface area contributed by atoms with Gasteiger partial charge in [-0.25, -0.2) is 8.42 Å². The van der Waals surface area contributed by atoms with Gasteiger partial charge in [0, 0.05) is 18.7 Å². The van der Waals surface area contributed by atoms with Crippen molar-refractivity contribution in [3.05, 3.63) is 66.2 Å². The summed E-state index contributed by atoms with van der Waals surface area (Å²) in [4.78, 5) is 13.7. The first-order valence-corrected chi connectivity index (χ1v) is 10.4. The predicted molar refractivity (Wildman–Crippen MR) is 106 cm³/mol. The summed E-state index contributed by atoms with van der Waals surface area (Å²) in [6.07, 6.45) is 6.28. The molecule has 6 heteroatoms. The third kappa shape index (κ3) is 4.32. The molecule has 2 aromatic rings. The summed E-state index contributed by atoms with van der Waals surface area (Å²) in [7, 11) is -3.45. The summed E-state index contributed by atoms with van der Waals surface area (Å²) in [5.74, 6) is 0.0806. The minimum atomic E-state index is -3.45. The Morgan fingerprint density at radius 1 is 1.12 bits per heavy atom. The fourth-order valence-corrected chi connectivity index (χ4v) is 3.87. The van der Waals surface area contributed by atoms with Gasteiger partial charge < -0.3 is 4.90 Å². The van der Waals surface area contributed by atoms with Gasteiger partial charge in [-0.1, -0.05) is 48.6 Å². The summed E-state index contributed by atoms with van der Waals surface area (Å²) in [5.41, 5.74) is 2.31. The Labute approximate surface area is 154 Å². The number of nitrogens with zero attached hydrogens (tertiary/aromatic N) is 2. The molecule has 5 nitrogen and oxygen atoms in total. The molecule has 0 saturated carbocycles. The maximum absolute atomic E-state index is 12.3. The van der Waals surface area contributed by atoms with Crippen molar-refractivity contribution >= 4 is 33.4 Å². The minimum Gasteiger partial charge on any atom is -0.312 e. The van der Waals surface area contributed by atoms with Gasteiger partial charge >= 0.3 is 0 Å². The SMILES string of the molecule is CS(=O)(=O)N(C/C=C/c1ccccc1)c1cccc(N2CCCC2=O)c1. The average molecular weight is 370 g/mol. The second-order valence-electron chi connectivity index (χ2n) is 6.28. The molecule has 2 aromatic carbocycles. The van der Waals surface area contributed by atoms with E-state index in [0.29, 0.717) is 18.7 Å². The molecule has 0 N–H and O–H groups in total. The fraction of sp³-hybridized carbons (Fsp3) is 0.250. The molecule has 0 aliphatic carbocycles. The molecular formula is C20H22N2O3S. The Kier molecular flexibility index (Phi) is 5.42. The van der Waals surface area contributed by atoms with E-state index in [1.165, 1.54) is 10.6 Å². The van der Waals surface area contributed by atoms with Gasteiger partial charge in [0.25, 0.3) is 0 Å². The molecule has 136 valence electrons. The number of rotatable bonds is 6. The number of benzene rings is 2. The smallest absolute Gasteiger partial charge is 0.232 e. The molecule has 26 heavy (non-hydrogen) atoms. The number of anilines is 2. The van der Waals surface area contributed by atoms with Crippen LogP contribution in [-0.4, -0.2) is 33.7 Å². The van der Waals surface area contributed by atoms with E-state index in [1.807, 2.05) is 48.6 Å². The first kappa shape index (κ1) is 18.2. The number of hydrogen-bond donors (Lipinski definition) is 0. The molecule has 1 fully saturated rings. The van der Waals surface area contributed by atoms with Crippen LogP contribution in [-0.2, 0) is 14.8 Å². The molecule has 1 amide bonds. The Bertz CT molecular complexity index is 908. The van der Waals surface area contributed by atoms with E-state index in [2.05, 4.69) is 0 Å². The molecule has 0 unspecified atom stereocenters. The highest BCUT2D eigenvalue weighted by atomic mass is 32.2. The molecule has 0 radical (unpaired) electrons. The normalized spacial score (nSPS) is 15.0. The second-order valence-corrected chi connectivity index (χ2v) is 8.18. The van der Waals surface area contributed by atoms with Crippen LogP contribution in [0.1, 0.15) is 18.4 Å². The zero-order valence-electron chi connectivity index (χ0n) is 14.7. The van der Waals surface area contributed by atoms with Gasteiger partial charge in [-0.05, 0) is 30.2 Å². The zero-order valence-corrected chi connectivity index (χ0v) is 15.5. The van der Waals surface area contributed by atoms with Crippen molar-refractivity contribution in [2.45, 2.75) is 12.8 Å². The lowest BCUT2D eigenvalue weighted by Crippen LogP contribution is -2.30. The minimum absolute atomic E-state index is 0.0806. The third-order valence-corrected chi connectivity index (χ3v) is 5.44. The van der Waals surface area contributed by atoms with Crippen LogP contribution in [0.25, 0.3) is 6.08 Å². The molecule has 1 aliphatic heterocycles. The summed E-state index contributed by atoms with van der Waals surface area (Å²) in [6.45, 7) is 0.903. The Hall–Kier alpha value is -2.60. The van der Waals surface area contributed by atoms with Gasteiger partial charge in [0.15, 0.2) is 0 Å². The second kappa shape index (κ2) is 7.74. The highest BCUT2D eigenvalue weighted by molar-refractivity contribution is 7.92. The van der Waals surface area contributed by atoms with E-state index in [1.54, 1.807) is 23.1 Å². The van der Waals surface area contributed by atoms with E-state index >= 15 is 0 Å². The van der Waals surface area contributed by atoms with E-state index in [0.717, 1.165) is 17.7 Å². The standard InChI is InChI=1S/C20H22N2O3S/c1-26(24,25)22(15-6-10-17-8-3-2-4-9-17)19-12-5-11-18(16-19)21-14-7-13-20(21)23/h2-6,8-12,16H,7,13-15H2,1H3/b10-6+. The monoisotopic (exact) mass is 370 g/mol. The molecule has 3 rings (SSSR count). The number of sulfonamides is 1. The molecule has 0 bridgehead atoms. The summed E-state index contributed by atoms with van der Waals surface area (Å²) >= 11 is 0. The van der Waals surface area contributed by atoms with Crippen LogP contribution >= 0.6 is 0 Å². The number of carbonyl (C=O) groups excluding carboxylic acids is 1. The third-order valence-electron chi connectivity index (χ3n) is 4.28. The molecule has 0 spiro atoms. The Balaban J connectivity index is 1.84. The molecule has 1 aliphatic rings. The largest absolute Gasteiger partial charge is 0.312 e.